The number of benzene rings is 2. The van der Waals surface area contributed by atoms with E-state index in [9.17, 15) is 9.59 Å². The molecular formula is C26H25N5O4S. The van der Waals surface area contributed by atoms with Gasteiger partial charge >= 0.3 is 12.0 Å². The highest BCUT2D eigenvalue weighted by atomic mass is 32.1. The number of urea groups is 1. The zero-order valence-electron chi connectivity index (χ0n) is 20.3. The van der Waals surface area contributed by atoms with Crippen LogP contribution in [0.3, 0.4) is 0 Å². The van der Waals surface area contributed by atoms with Crippen LogP contribution in [-0.4, -0.2) is 33.1 Å². The summed E-state index contributed by atoms with van der Waals surface area (Å²) in [5, 5.41) is 9.43. The molecule has 5 rings (SSSR count). The lowest BCUT2D eigenvalue weighted by molar-refractivity contribution is 0.0526. The summed E-state index contributed by atoms with van der Waals surface area (Å²) in [5.74, 6) is 0.697. The van der Waals surface area contributed by atoms with Crippen LogP contribution in [0, 0.1) is 0 Å². The van der Waals surface area contributed by atoms with Crippen LogP contribution in [0.2, 0.25) is 0 Å². The molecule has 0 aliphatic carbocycles. The number of hydrogen-bond acceptors (Lipinski definition) is 7. The first-order valence-electron chi connectivity index (χ1n) is 11.5. The molecule has 2 amide bonds. The molecule has 3 aromatic heterocycles. The molecule has 0 saturated carbocycles. The summed E-state index contributed by atoms with van der Waals surface area (Å²) >= 11 is 1.50. The van der Waals surface area contributed by atoms with Crippen LogP contribution in [0.4, 0.5) is 16.3 Å². The SMILES string of the molecule is CCOC(=O)c1ccc2c(c1)sc1nc(-c3cccc(NC(=O)Nc4cc(C(C)(C)C)on4)c3)cn12. The van der Waals surface area contributed by atoms with E-state index in [1.54, 1.807) is 25.1 Å². The zero-order chi connectivity index (χ0) is 25.4. The van der Waals surface area contributed by atoms with Crippen molar-refractivity contribution in [3.63, 3.8) is 0 Å². The number of nitrogens with zero attached hydrogens (tertiary/aromatic N) is 3. The van der Waals surface area contributed by atoms with Crippen molar-refractivity contribution in [3.8, 4) is 11.3 Å². The molecule has 0 radical (unpaired) electrons. The molecule has 10 heteroatoms. The van der Waals surface area contributed by atoms with E-state index in [0.717, 1.165) is 26.4 Å². The number of imidazole rings is 1. The fourth-order valence-corrected chi connectivity index (χ4v) is 4.75. The Morgan fingerprint density at radius 1 is 1.11 bits per heavy atom. The molecule has 0 atom stereocenters. The second-order valence-electron chi connectivity index (χ2n) is 9.27. The Hall–Kier alpha value is -4.18. The Kier molecular flexibility index (Phi) is 5.97. The average molecular weight is 504 g/mol. The molecule has 2 aromatic carbocycles. The number of fused-ring (bicyclic) bond motifs is 3. The maximum Gasteiger partial charge on any atom is 0.338 e. The molecule has 0 aliphatic heterocycles. The lowest BCUT2D eigenvalue weighted by atomic mass is 9.93. The summed E-state index contributed by atoms with van der Waals surface area (Å²) in [6.07, 6.45) is 1.95. The molecule has 184 valence electrons. The van der Waals surface area contributed by atoms with E-state index < -0.39 is 6.03 Å². The van der Waals surface area contributed by atoms with Crippen LogP contribution in [0.5, 0.6) is 0 Å². The minimum Gasteiger partial charge on any atom is -0.462 e. The molecule has 3 heterocycles. The maximum absolute atomic E-state index is 12.5. The fraction of sp³-hybridized carbons (Fsp3) is 0.231. The number of hydrogen-bond donors (Lipinski definition) is 2. The number of esters is 1. The average Bonchev–Trinajstić information content (AvgIpc) is 3.53. The molecular weight excluding hydrogens is 478 g/mol. The first-order valence-corrected chi connectivity index (χ1v) is 12.3. The number of aromatic nitrogens is 3. The molecule has 0 saturated heterocycles. The van der Waals surface area contributed by atoms with Gasteiger partial charge in [0.15, 0.2) is 10.8 Å². The van der Waals surface area contributed by atoms with Crippen LogP contribution in [-0.2, 0) is 10.2 Å². The number of nitrogens with one attached hydrogen (secondary N) is 2. The highest BCUT2D eigenvalue weighted by Crippen LogP contribution is 2.31. The summed E-state index contributed by atoms with van der Waals surface area (Å²) in [7, 11) is 0. The molecule has 2 N–H and O–H groups in total. The van der Waals surface area contributed by atoms with Crippen LogP contribution in [0.1, 0.15) is 43.8 Å². The van der Waals surface area contributed by atoms with E-state index >= 15 is 0 Å². The van der Waals surface area contributed by atoms with Crippen molar-refractivity contribution >= 4 is 50.0 Å². The van der Waals surface area contributed by atoms with Gasteiger partial charge in [-0.1, -0.05) is 49.4 Å². The number of carbonyl (C=O) groups excluding carboxylic acids is 2. The third kappa shape index (κ3) is 4.67. The minimum absolute atomic E-state index is 0.204. The molecule has 0 aliphatic rings. The Morgan fingerprint density at radius 2 is 1.94 bits per heavy atom. The van der Waals surface area contributed by atoms with Crippen LogP contribution in [0.25, 0.3) is 26.4 Å². The summed E-state index contributed by atoms with van der Waals surface area (Å²) in [6, 6.07) is 14.2. The highest BCUT2D eigenvalue weighted by Gasteiger charge is 2.20. The predicted molar refractivity (Wildman–Crippen MR) is 140 cm³/mol. The third-order valence-corrected chi connectivity index (χ3v) is 6.53. The first kappa shape index (κ1) is 23.6. The van der Waals surface area contributed by atoms with Gasteiger partial charge in [0.2, 0.25) is 0 Å². The molecule has 9 nitrogen and oxygen atoms in total. The number of rotatable bonds is 5. The minimum atomic E-state index is -0.421. The van der Waals surface area contributed by atoms with E-state index in [1.165, 1.54) is 11.3 Å². The van der Waals surface area contributed by atoms with Gasteiger partial charge in [-0.05, 0) is 37.3 Å². The summed E-state index contributed by atoms with van der Waals surface area (Å²) in [5.41, 5.74) is 3.52. The quantitative estimate of drug-likeness (QED) is 0.272. The lowest BCUT2D eigenvalue weighted by Crippen LogP contribution is -2.19. The zero-order valence-corrected chi connectivity index (χ0v) is 21.1. The molecule has 0 spiro atoms. The van der Waals surface area contributed by atoms with Crippen molar-refractivity contribution in [2.45, 2.75) is 33.1 Å². The lowest BCUT2D eigenvalue weighted by Gasteiger charge is -2.12. The van der Waals surface area contributed by atoms with Gasteiger partial charge in [0.25, 0.3) is 0 Å². The standard InChI is InChI=1S/C26H25N5O4S/c1-5-34-23(32)16-9-10-19-20(12-16)36-25-28-18(14-31(19)25)15-7-6-8-17(11-15)27-24(33)29-22-13-21(35-30-22)26(2,3)4/h6-14H,5H2,1-4H3,(H2,27,29,30,33). The summed E-state index contributed by atoms with van der Waals surface area (Å²) in [4.78, 5) is 30.1. The van der Waals surface area contributed by atoms with Gasteiger partial charge in [-0.2, -0.15) is 0 Å². The van der Waals surface area contributed by atoms with Crippen molar-refractivity contribution in [2.24, 2.45) is 0 Å². The Morgan fingerprint density at radius 3 is 2.69 bits per heavy atom. The Labute approximate surface area is 211 Å². The van der Waals surface area contributed by atoms with Crippen LogP contribution >= 0.6 is 11.3 Å². The van der Waals surface area contributed by atoms with Crippen molar-refractivity contribution in [3.05, 3.63) is 66.1 Å². The van der Waals surface area contributed by atoms with Crippen LogP contribution in [0.15, 0.2) is 59.3 Å². The fourth-order valence-electron chi connectivity index (χ4n) is 3.70. The molecule has 0 bridgehead atoms. The van der Waals surface area contributed by atoms with E-state index in [-0.39, 0.29) is 11.4 Å². The van der Waals surface area contributed by atoms with E-state index in [2.05, 4.69) is 15.8 Å². The first-order chi connectivity index (χ1) is 17.2. The van der Waals surface area contributed by atoms with Gasteiger partial charge < -0.3 is 14.6 Å². The van der Waals surface area contributed by atoms with E-state index in [1.807, 2.05) is 61.7 Å². The van der Waals surface area contributed by atoms with Gasteiger partial charge in [0.05, 0.1) is 28.1 Å². The smallest absolute Gasteiger partial charge is 0.338 e. The topological polar surface area (TPSA) is 111 Å². The summed E-state index contributed by atoms with van der Waals surface area (Å²) < 4.78 is 13.4. The monoisotopic (exact) mass is 503 g/mol. The number of amides is 2. The Bertz CT molecular complexity index is 1590. The number of ether oxygens (including phenoxy) is 1. The van der Waals surface area contributed by atoms with Crippen LogP contribution < -0.4 is 10.6 Å². The second-order valence-corrected chi connectivity index (χ2v) is 10.3. The van der Waals surface area contributed by atoms with Gasteiger partial charge in [-0.25, -0.2) is 14.6 Å². The largest absolute Gasteiger partial charge is 0.462 e. The van der Waals surface area contributed by atoms with Crippen molar-refractivity contribution in [2.75, 3.05) is 17.2 Å². The Balaban J connectivity index is 1.34. The van der Waals surface area contributed by atoms with Gasteiger partial charge in [-0.3, -0.25) is 9.72 Å². The molecule has 5 aromatic rings. The van der Waals surface area contributed by atoms with Crippen molar-refractivity contribution < 1.29 is 18.8 Å². The summed E-state index contributed by atoms with van der Waals surface area (Å²) in [6.45, 7) is 8.14. The van der Waals surface area contributed by atoms with E-state index in [4.69, 9.17) is 14.2 Å². The molecule has 0 fully saturated rings. The normalized spacial score (nSPS) is 11.7. The number of carbonyl (C=O) groups is 2. The molecule has 0 unspecified atom stereocenters. The number of thiazole rings is 1. The predicted octanol–water partition coefficient (Wildman–Crippen LogP) is 6.32. The highest BCUT2D eigenvalue weighted by molar-refractivity contribution is 7.23. The second kappa shape index (κ2) is 9.12. The van der Waals surface area contributed by atoms with Gasteiger partial charge in [0.1, 0.15) is 5.76 Å². The molecule has 36 heavy (non-hydrogen) atoms. The van der Waals surface area contributed by atoms with Crippen molar-refractivity contribution in [1.29, 1.82) is 0 Å². The van der Waals surface area contributed by atoms with Gasteiger partial charge in [0, 0.05) is 28.9 Å². The number of anilines is 2. The third-order valence-electron chi connectivity index (χ3n) is 5.51. The van der Waals surface area contributed by atoms with E-state index in [0.29, 0.717) is 29.4 Å². The maximum atomic E-state index is 12.5. The van der Waals surface area contributed by atoms with Crippen molar-refractivity contribution in [1.82, 2.24) is 14.5 Å². The van der Waals surface area contributed by atoms with Gasteiger partial charge in [-0.15, -0.1) is 0 Å².